The van der Waals surface area contributed by atoms with Crippen LogP contribution in [0.15, 0.2) is 42.2 Å². The Morgan fingerprint density at radius 1 is 1.38 bits per heavy atom. The Bertz CT molecular complexity index is 411. The molecule has 1 heterocycles. The highest BCUT2D eigenvalue weighted by atomic mass is 16.3. The van der Waals surface area contributed by atoms with Gasteiger partial charge < -0.3 is 10.0 Å². The van der Waals surface area contributed by atoms with Gasteiger partial charge in [-0.2, -0.15) is 0 Å². The van der Waals surface area contributed by atoms with Gasteiger partial charge in [0, 0.05) is 25.1 Å². The van der Waals surface area contributed by atoms with E-state index in [0.717, 1.165) is 5.56 Å². The zero-order chi connectivity index (χ0) is 11.5. The van der Waals surface area contributed by atoms with E-state index in [0.29, 0.717) is 13.0 Å². The van der Waals surface area contributed by atoms with Gasteiger partial charge >= 0.3 is 0 Å². The van der Waals surface area contributed by atoms with Gasteiger partial charge in [-0.15, -0.1) is 0 Å². The largest absolute Gasteiger partial charge is 0.512 e. The Kier molecular flexibility index (Phi) is 2.95. The number of hydrogen-bond donors (Lipinski definition) is 1. The number of hydrogen-bond acceptors (Lipinski definition) is 2. The second-order valence-electron chi connectivity index (χ2n) is 4.14. The normalized spacial score (nSPS) is 20.8. The van der Waals surface area contributed by atoms with Gasteiger partial charge in [-0.05, 0) is 12.5 Å². The minimum atomic E-state index is -0.111. The van der Waals surface area contributed by atoms with Crippen molar-refractivity contribution in [1.29, 1.82) is 0 Å². The zero-order valence-corrected chi connectivity index (χ0v) is 9.26. The molecule has 1 aromatic rings. The summed E-state index contributed by atoms with van der Waals surface area (Å²) in [6, 6.07) is 9.92. The smallest absolute Gasteiger partial charge is 0.250 e. The van der Waals surface area contributed by atoms with E-state index in [4.69, 9.17) is 0 Å². The molecule has 0 saturated carbocycles. The molecular formula is C13H15NO2. The highest BCUT2D eigenvalue weighted by Crippen LogP contribution is 2.19. The SMILES string of the molecule is CC1CC(O)=CC(=O)N1Cc1ccccc1. The summed E-state index contributed by atoms with van der Waals surface area (Å²) < 4.78 is 0. The van der Waals surface area contributed by atoms with Crippen molar-refractivity contribution in [3.63, 3.8) is 0 Å². The summed E-state index contributed by atoms with van der Waals surface area (Å²) in [5, 5.41) is 9.35. The first-order chi connectivity index (χ1) is 7.66. The molecule has 0 bridgehead atoms. The molecule has 3 nitrogen and oxygen atoms in total. The monoisotopic (exact) mass is 217 g/mol. The molecule has 16 heavy (non-hydrogen) atoms. The molecule has 0 radical (unpaired) electrons. The van der Waals surface area contributed by atoms with Crippen LogP contribution in [0.25, 0.3) is 0 Å². The number of rotatable bonds is 2. The third-order valence-electron chi connectivity index (χ3n) is 2.81. The number of amides is 1. The highest BCUT2D eigenvalue weighted by molar-refractivity contribution is 5.89. The number of carbonyl (C=O) groups is 1. The topological polar surface area (TPSA) is 40.5 Å². The molecule has 1 N–H and O–H groups in total. The van der Waals surface area contributed by atoms with Crippen molar-refractivity contribution in [3.05, 3.63) is 47.7 Å². The van der Waals surface area contributed by atoms with Crippen molar-refractivity contribution in [2.75, 3.05) is 0 Å². The summed E-state index contributed by atoms with van der Waals surface area (Å²) in [4.78, 5) is 13.5. The van der Waals surface area contributed by atoms with Gasteiger partial charge in [-0.25, -0.2) is 0 Å². The maximum absolute atomic E-state index is 11.7. The van der Waals surface area contributed by atoms with Gasteiger partial charge in [0.05, 0.1) is 5.76 Å². The number of aliphatic hydroxyl groups is 1. The first-order valence-corrected chi connectivity index (χ1v) is 5.41. The van der Waals surface area contributed by atoms with Crippen LogP contribution >= 0.6 is 0 Å². The second-order valence-corrected chi connectivity index (χ2v) is 4.14. The van der Waals surface area contributed by atoms with Crippen LogP contribution in [0, 0.1) is 0 Å². The summed E-state index contributed by atoms with van der Waals surface area (Å²) in [5.74, 6) is 0.0712. The maximum atomic E-state index is 11.7. The van der Waals surface area contributed by atoms with Gasteiger partial charge in [-0.1, -0.05) is 30.3 Å². The standard InChI is InChI=1S/C13H15NO2/c1-10-7-12(15)8-13(16)14(10)9-11-5-3-2-4-6-11/h2-6,8,10,15H,7,9H2,1H3. The van der Waals surface area contributed by atoms with Crippen molar-refractivity contribution in [3.8, 4) is 0 Å². The van der Waals surface area contributed by atoms with E-state index in [1.807, 2.05) is 37.3 Å². The quantitative estimate of drug-likeness (QED) is 0.825. The molecule has 0 fully saturated rings. The zero-order valence-electron chi connectivity index (χ0n) is 9.26. The molecule has 2 rings (SSSR count). The lowest BCUT2D eigenvalue weighted by molar-refractivity contribution is -0.129. The number of benzene rings is 1. The predicted octanol–water partition coefficient (Wildman–Crippen LogP) is 2.25. The predicted molar refractivity (Wildman–Crippen MR) is 61.8 cm³/mol. The summed E-state index contributed by atoms with van der Waals surface area (Å²) >= 11 is 0. The molecule has 0 aliphatic carbocycles. The number of aliphatic hydroxyl groups excluding tert-OH is 1. The fourth-order valence-corrected chi connectivity index (χ4v) is 1.93. The Morgan fingerprint density at radius 2 is 2.06 bits per heavy atom. The molecule has 1 atom stereocenters. The molecule has 1 amide bonds. The first-order valence-electron chi connectivity index (χ1n) is 5.41. The van der Waals surface area contributed by atoms with Crippen LogP contribution in [-0.2, 0) is 11.3 Å². The van der Waals surface area contributed by atoms with E-state index in [9.17, 15) is 9.90 Å². The van der Waals surface area contributed by atoms with E-state index in [2.05, 4.69) is 0 Å². The highest BCUT2D eigenvalue weighted by Gasteiger charge is 2.24. The molecular weight excluding hydrogens is 202 g/mol. The Hall–Kier alpha value is -1.77. The number of nitrogens with zero attached hydrogens (tertiary/aromatic N) is 1. The Balaban J connectivity index is 2.13. The van der Waals surface area contributed by atoms with Gasteiger partial charge in [0.15, 0.2) is 0 Å². The second kappa shape index (κ2) is 4.39. The molecule has 0 spiro atoms. The van der Waals surface area contributed by atoms with Crippen LogP contribution in [-0.4, -0.2) is 22.0 Å². The molecule has 1 aromatic carbocycles. The summed E-state index contributed by atoms with van der Waals surface area (Å²) in [5.41, 5.74) is 1.11. The number of carbonyl (C=O) groups excluding carboxylic acids is 1. The first kappa shape index (κ1) is 10.7. The lowest BCUT2D eigenvalue weighted by Crippen LogP contribution is -2.40. The van der Waals surface area contributed by atoms with Crippen LogP contribution in [0.3, 0.4) is 0 Å². The van der Waals surface area contributed by atoms with Crippen molar-refractivity contribution >= 4 is 5.91 Å². The average Bonchev–Trinajstić information content (AvgIpc) is 2.25. The van der Waals surface area contributed by atoms with Gasteiger partial charge in [0.2, 0.25) is 5.91 Å². The van der Waals surface area contributed by atoms with Gasteiger partial charge in [0.25, 0.3) is 0 Å². The fraction of sp³-hybridized carbons (Fsp3) is 0.308. The molecule has 1 aliphatic heterocycles. The minimum absolute atomic E-state index is 0.0534. The average molecular weight is 217 g/mol. The minimum Gasteiger partial charge on any atom is -0.512 e. The molecule has 84 valence electrons. The summed E-state index contributed by atoms with van der Waals surface area (Å²) in [7, 11) is 0. The lowest BCUT2D eigenvalue weighted by atomic mass is 10.1. The Morgan fingerprint density at radius 3 is 2.69 bits per heavy atom. The third kappa shape index (κ3) is 2.24. The molecule has 1 unspecified atom stereocenters. The van der Waals surface area contributed by atoms with Crippen LogP contribution in [0.5, 0.6) is 0 Å². The van der Waals surface area contributed by atoms with Crippen molar-refractivity contribution in [2.45, 2.75) is 25.9 Å². The van der Waals surface area contributed by atoms with E-state index in [1.54, 1.807) is 4.90 Å². The van der Waals surface area contributed by atoms with Crippen molar-refractivity contribution in [2.24, 2.45) is 0 Å². The van der Waals surface area contributed by atoms with Crippen molar-refractivity contribution < 1.29 is 9.90 Å². The summed E-state index contributed by atoms with van der Waals surface area (Å²) in [6.07, 6.45) is 1.85. The van der Waals surface area contributed by atoms with Crippen LogP contribution in [0.2, 0.25) is 0 Å². The molecule has 1 aliphatic rings. The van der Waals surface area contributed by atoms with E-state index in [1.165, 1.54) is 6.08 Å². The fourth-order valence-electron chi connectivity index (χ4n) is 1.93. The van der Waals surface area contributed by atoms with Crippen LogP contribution in [0.1, 0.15) is 18.9 Å². The molecule has 3 heteroatoms. The van der Waals surface area contributed by atoms with Gasteiger partial charge in [0.1, 0.15) is 0 Å². The van der Waals surface area contributed by atoms with Gasteiger partial charge in [-0.3, -0.25) is 4.79 Å². The Labute approximate surface area is 95.0 Å². The van der Waals surface area contributed by atoms with Crippen LogP contribution in [0.4, 0.5) is 0 Å². The van der Waals surface area contributed by atoms with E-state index >= 15 is 0 Å². The van der Waals surface area contributed by atoms with E-state index in [-0.39, 0.29) is 17.7 Å². The lowest BCUT2D eigenvalue weighted by Gasteiger charge is -2.31. The van der Waals surface area contributed by atoms with Crippen LogP contribution < -0.4 is 0 Å². The maximum Gasteiger partial charge on any atom is 0.250 e. The van der Waals surface area contributed by atoms with Crippen molar-refractivity contribution in [1.82, 2.24) is 4.90 Å². The van der Waals surface area contributed by atoms with E-state index < -0.39 is 0 Å². The molecule has 0 saturated heterocycles. The summed E-state index contributed by atoms with van der Waals surface area (Å²) in [6.45, 7) is 2.55. The molecule has 0 aromatic heterocycles. The third-order valence-corrected chi connectivity index (χ3v) is 2.81.